The number of aromatic carboxylic acids is 1. The highest BCUT2D eigenvalue weighted by molar-refractivity contribution is 6.11. The molecule has 3 aromatic carbocycles. The lowest BCUT2D eigenvalue weighted by Gasteiger charge is -2.25. The highest BCUT2D eigenvalue weighted by Gasteiger charge is 2.34. The van der Waals surface area contributed by atoms with Gasteiger partial charge in [0.2, 0.25) is 0 Å². The molecule has 0 saturated carbocycles. The molecule has 0 radical (unpaired) electrons. The minimum Gasteiger partial charge on any atom is -0.507 e. The molecule has 156 valence electrons. The van der Waals surface area contributed by atoms with Gasteiger partial charge in [-0.1, -0.05) is 30.3 Å². The van der Waals surface area contributed by atoms with E-state index in [4.69, 9.17) is 9.84 Å². The fourth-order valence-electron chi connectivity index (χ4n) is 3.51. The first-order valence-corrected chi connectivity index (χ1v) is 9.55. The van der Waals surface area contributed by atoms with Crippen molar-refractivity contribution in [1.82, 2.24) is 0 Å². The van der Waals surface area contributed by atoms with Gasteiger partial charge in [-0.3, -0.25) is 9.69 Å². The molecule has 1 heterocycles. The predicted molar refractivity (Wildman–Crippen MR) is 116 cm³/mol. The van der Waals surface area contributed by atoms with Crippen molar-refractivity contribution in [3.05, 3.63) is 95.7 Å². The van der Waals surface area contributed by atoms with Gasteiger partial charge >= 0.3 is 5.97 Å². The van der Waals surface area contributed by atoms with Gasteiger partial charge in [0, 0.05) is 17.4 Å². The highest BCUT2D eigenvalue weighted by atomic mass is 16.5. The summed E-state index contributed by atoms with van der Waals surface area (Å²) < 4.78 is 5.23. The average Bonchev–Trinajstić information content (AvgIpc) is 3.10. The molecule has 0 spiro atoms. The number of methoxy groups -OCH3 is 1. The van der Waals surface area contributed by atoms with Gasteiger partial charge in [-0.2, -0.15) is 0 Å². The number of carboxylic acids is 1. The Bertz CT molecular complexity index is 1160. The van der Waals surface area contributed by atoms with E-state index in [0.717, 1.165) is 17.0 Å². The van der Waals surface area contributed by atoms with Crippen LogP contribution in [0.25, 0.3) is 0 Å². The third-order valence-electron chi connectivity index (χ3n) is 5.05. The predicted octanol–water partition coefficient (Wildman–Crippen LogP) is 4.18. The first-order chi connectivity index (χ1) is 15.0. The Morgan fingerprint density at radius 2 is 1.74 bits per heavy atom. The second-order valence-corrected chi connectivity index (χ2v) is 6.97. The van der Waals surface area contributed by atoms with Crippen molar-refractivity contribution in [2.45, 2.75) is 6.04 Å². The van der Waals surface area contributed by atoms with Crippen LogP contribution < -0.4 is 15.0 Å². The van der Waals surface area contributed by atoms with E-state index in [9.17, 15) is 14.7 Å². The summed E-state index contributed by atoms with van der Waals surface area (Å²) >= 11 is 0. The number of carbonyl (C=O) groups is 2. The monoisotopic (exact) mass is 416 g/mol. The normalized spacial score (nSPS) is 15.5. The Hall–Kier alpha value is -4.26. The number of para-hydroxylation sites is 1. The zero-order valence-electron chi connectivity index (χ0n) is 16.6. The van der Waals surface area contributed by atoms with Gasteiger partial charge in [0.1, 0.15) is 22.8 Å². The molecule has 1 aliphatic rings. The maximum Gasteiger partial charge on any atom is 0.339 e. The summed E-state index contributed by atoms with van der Waals surface area (Å²) in [6.45, 7) is 0. The van der Waals surface area contributed by atoms with E-state index in [-0.39, 0.29) is 23.3 Å². The van der Waals surface area contributed by atoms with Crippen molar-refractivity contribution < 1.29 is 24.5 Å². The number of ether oxygens (including phenoxy) is 1. The van der Waals surface area contributed by atoms with Crippen LogP contribution in [0.4, 0.5) is 11.4 Å². The summed E-state index contributed by atoms with van der Waals surface area (Å²) in [6, 6.07) is 20.5. The van der Waals surface area contributed by atoms with E-state index in [1.807, 2.05) is 54.6 Å². The molecule has 7 nitrogen and oxygen atoms in total. The molecule has 7 heteroatoms. The van der Waals surface area contributed by atoms with Gasteiger partial charge in [-0.05, 0) is 48.0 Å². The molecule has 0 fully saturated rings. The number of aromatic hydroxyl groups is 1. The summed E-state index contributed by atoms with van der Waals surface area (Å²) in [5.74, 6) is -1.13. The quantitative estimate of drug-likeness (QED) is 0.558. The molecule has 1 amide bonds. The van der Waals surface area contributed by atoms with E-state index in [2.05, 4.69) is 5.32 Å². The first kappa shape index (κ1) is 20.0. The molecule has 31 heavy (non-hydrogen) atoms. The molecule has 0 aliphatic carbocycles. The van der Waals surface area contributed by atoms with Crippen LogP contribution >= 0.6 is 0 Å². The second kappa shape index (κ2) is 8.23. The van der Waals surface area contributed by atoms with Gasteiger partial charge in [-0.15, -0.1) is 0 Å². The van der Waals surface area contributed by atoms with Gasteiger partial charge in [-0.25, -0.2) is 4.79 Å². The Morgan fingerprint density at radius 3 is 2.35 bits per heavy atom. The van der Waals surface area contributed by atoms with E-state index < -0.39 is 5.97 Å². The molecular formula is C24H20N2O5. The Morgan fingerprint density at radius 1 is 1.03 bits per heavy atom. The van der Waals surface area contributed by atoms with Gasteiger partial charge < -0.3 is 20.3 Å². The number of carbonyl (C=O) groups excluding carboxylic acids is 1. The summed E-state index contributed by atoms with van der Waals surface area (Å²) in [6.07, 6.45) is 1.80. The summed E-state index contributed by atoms with van der Waals surface area (Å²) in [5, 5.41) is 22.1. The number of amides is 1. The zero-order chi connectivity index (χ0) is 22.0. The Kier molecular flexibility index (Phi) is 5.32. The van der Waals surface area contributed by atoms with Gasteiger partial charge in [0.25, 0.3) is 5.91 Å². The lowest BCUT2D eigenvalue weighted by atomic mass is 10.1. The number of anilines is 2. The topological polar surface area (TPSA) is 99.1 Å². The number of nitrogens with zero attached hydrogens (tertiary/aromatic N) is 1. The summed E-state index contributed by atoms with van der Waals surface area (Å²) in [4.78, 5) is 26.1. The molecule has 3 aromatic rings. The van der Waals surface area contributed by atoms with Crippen LogP contribution in [0.3, 0.4) is 0 Å². The molecular weight excluding hydrogens is 396 g/mol. The third-order valence-corrected chi connectivity index (χ3v) is 5.05. The highest BCUT2D eigenvalue weighted by Crippen LogP contribution is 2.37. The smallest absolute Gasteiger partial charge is 0.339 e. The van der Waals surface area contributed by atoms with E-state index >= 15 is 0 Å². The van der Waals surface area contributed by atoms with Crippen LogP contribution in [0.15, 0.2) is 84.6 Å². The molecule has 4 rings (SSSR count). The van der Waals surface area contributed by atoms with Crippen LogP contribution in [0.1, 0.15) is 22.0 Å². The number of phenols is 1. The number of rotatable bonds is 6. The molecule has 0 bridgehead atoms. The van der Waals surface area contributed by atoms with Crippen LogP contribution in [0, 0.1) is 0 Å². The second-order valence-electron chi connectivity index (χ2n) is 6.97. The van der Waals surface area contributed by atoms with Crippen molar-refractivity contribution >= 4 is 23.3 Å². The van der Waals surface area contributed by atoms with Crippen molar-refractivity contribution in [2.75, 3.05) is 17.3 Å². The Balaban J connectivity index is 1.69. The molecule has 1 aliphatic heterocycles. The largest absolute Gasteiger partial charge is 0.507 e. The van der Waals surface area contributed by atoms with Crippen LogP contribution in [0.2, 0.25) is 0 Å². The molecule has 0 aromatic heterocycles. The van der Waals surface area contributed by atoms with Crippen LogP contribution in [0.5, 0.6) is 11.5 Å². The minimum atomic E-state index is -1.23. The van der Waals surface area contributed by atoms with Crippen LogP contribution in [-0.4, -0.2) is 29.2 Å². The number of carboxylic acid groups (broad SMARTS) is 1. The number of nitrogens with one attached hydrogen (secondary N) is 1. The fraction of sp³-hybridized carbons (Fsp3) is 0.0833. The number of benzene rings is 3. The molecule has 0 saturated heterocycles. The van der Waals surface area contributed by atoms with Crippen molar-refractivity contribution in [3.8, 4) is 11.5 Å². The number of hydrogen-bond acceptors (Lipinski definition) is 5. The fourth-order valence-corrected chi connectivity index (χ4v) is 3.51. The Labute approximate surface area is 178 Å². The number of hydrogen-bond donors (Lipinski definition) is 3. The standard InChI is InChI=1S/C24H20N2O5/c1-31-18-10-7-15(8-11-18)21-14-20(23(28)26(21)17-5-3-2-4-6-17)25-16-9-12-19(24(29)30)22(27)13-16/h2-14,21,25,27H,1H3,(H,29,30)/t21-/m1/s1. The van der Waals surface area contributed by atoms with Crippen molar-refractivity contribution in [1.29, 1.82) is 0 Å². The van der Waals surface area contributed by atoms with Crippen molar-refractivity contribution in [3.63, 3.8) is 0 Å². The lowest BCUT2D eigenvalue weighted by Crippen LogP contribution is -2.30. The van der Waals surface area contributed by atoms with Gasteiger partial charge in [0.15, 0.2) is 0 Å². The summed E-state index contributed by atoms with van der Waals surface area (Å²) in [7, 11) is 1.59. The maximum absolute atomic E-state index is 13.3. The van der Waals surface area contributed by atoms with E-state index in [0.29, 0.717) is 11.4 Å². The zero-order valence-corrected chi connectivity index (χ0v) is 16.6. The minimum absolute atomic E-state index is 0.209. The van der Waals surface area contributed by atoms with Gasteiger partial charge in [0.05, 0.1) is 13.2 Å². The lowest BCUT2D eigenvalue weighted by molar-refractivity contribution is -0.114. The first-order valence-electron chi connectivity index (χ1n) is 9.55. The maximum atomic E-state index is 13.3. The summed E-state index contributed by atoms with van der Waals surface area (Å²) in [5.41, 5.74) is 2.17. The SMILES string of the molecule is COc1ccc([C@H]2C=C(Nc3ccc(C(=O)O)c(O)c3)C(=O)N2c2ccccc2)cc1. The van der Waals surface area contributed by atoms with E-state index in [1.54, 1.807) is 18.1 Å². The molecule has 3 N–H and O–H groups in total. The molecule has 1 atom stereocenters. The third kappa shape index (κ3) is 3.93. The van der Waals surface area contributed by atoms with Crippen molar-refractivity contribution in [2.24, 2.45) is 0 Å². The molecule has 0 unspecified atom stereocenters. The van der Waals surface area contributed by atoms with Crippen LogP contribution in [-0.2, 0) is 4.79 Å². The van der Waals surface area contributed by atoms with E-state index in [1.165, 1.54) is 18.2 Å². The average molecular weight is 416 g/mol.